The smallest absolute Gasteiger partial charge is 0.407 e. The molecule has 0 spiro atoms. The number of hydrogen-bond acceptors (Lipinski definition) is 3. The minimum absolute atomic E-state index is 0.0161. The van der Waals surface area contributed by atoms with E-state index in [0.717, 1.165) is 0 Å². The van der Waals surface area contributed by atoms with Crippen LogP contribution >= 0.6 is 15.9 Å². The van der Waals surface area contributed by atoms with E-state index < -0.39 is 17.5 Å². The van der Waals surface area contributed by atoms with Crippen LogP contribution in [0.3, 0.4) is 0 Å². The quantitative estimate of drug-likeness (QED) is 0.894. The van der Waals surface area contributed by atoms with Crippen LogP contribution in [0.1, 0.15) is 33.3 Å². The summed E-state index contributed by atoms with van der Waals surface area (Å²) >= 11 is 3.26. The lowest BCUT2D eigenvalue weighted by atomic mass is 10.2. The first-order valence-electron chi connectivity index (χ1n) is 6.31. The molecule has 112 valence electrons. The Balaban J connectivity index is 2.77. The average molecular weight is 348 g/mol. The number of ether oxygens (including phenoxy) is 2. The monoisotopic (exact) mass is 347 g/mol. The molecule has 20 heavy (non-hydrogen) atoms. The van der Waals surface area contributed by atoms with E-state index in [1.165, 1.54) is 0 Å². The summed E-state index contributed by atoms with van der Waals surface area (Å²) in [6.45, 7) is 7.45. The number of benzene rings is 1. The number of rotatable bonds is 4. The van der Waals surface area contributed by atoms with Gasteiger partial charge in [0.25, 0.3) is 0 Å². The van der Waals surface area contributed by atoms with Crippen LogP contribution in [0.15, 0.2) is 16.6 Å². The van der Waals surface area contributed by atoms with E-state index in [1.54, 1.807) is 39.8 Å². The zero-order valence-corrected chi connectivity index (χ0v) is 13.6. The molecular weight excluding hydrogens is 329 g/mol. The molecule has 0 aliphatic rings. The topological polar surface area (TPSA) is 47.6 Å². The van der Waals surface area contributed by atoms with Crippen LogP contribution in [0.5, 0.6) is 5.75 Å². The van der Waals surface area contributed by atoms with E-state index in [4.69, 9.17) is 9.47 Å². The van der Waals surface area contributed by atoms with Gasteiger partial charge < -0.3 is 14.8 Å². The van der Waals surface area contributed by atoms with Crippen LogP contribution in [0.4, 0.5) is 9.18 Å². The highest BCUT2D eigenvalue weighted by Gasteiger charge is 2.18. The maximum Gasteiger partial charge on any atom is 0.407 e. The first-order chi connectivity index (χ1) is 9.24. The predicted molar refractivity (Wildman–Crippen MR) is 78.3 cm³/mol. The highest BCUT2D eigenvalue weighted by atomic mass is 79.9. The second-order valence-corrected chi connectivity index (χ2v) is 5.98. The van der Waals surface area contributed by atoms with Gasteiger partial charge in [-0.2, -0.15) is 0 Å². The first kappa shape index (κ1) is 16.8. The Morgan fingerprint density at radius 3 is 2.60 bits per heavy atom. The van der Waals surface area contributed by atoms with Crippen LogP contribution in [-0.4, -0.2) is 18.3 Å². The molecule has 0 atom stereocenters. The van der Waals surface area contributed by atoms with Gasteiger partial charge in [0.05, 0.1) is 13.2 Å². The summed E-state index contributed by atoms with van der Waals surface area (Å²) in [6, 6.07) is 3.22. The Morgan fingerprint density at radius 1 is 1.40 bits per heavy atom. The number of alkyl carbamates (subject to hydrolysis) is 1. The minimum Gasteiger partial charge on any atom is -0.491 e. The van der Waals surface area contributed by atoms with Crippen molar-refractivity contribution >= 4 is 22.0 Å². The van der Waals surface area contributed by atoms with Crippen molar-refractivity contribution in [3.63, 3.8) is 0 Å². The lowest BCUT2D eigenvalue weighted by molar-refractivity contribution is 0.0523. The lowest BCUT2D eigenvalue weighted by Crippen LogP contribution is -2.32. The highest BCUT2D eigenvalue weighted by molar-refractivity contribution is 9.10. The Kier molecular flexibility index (Phi) is 5.80. The van der Waals surface area contributed by atoms with Gasteiger partial charge in [0.15, 0.2) is 11.6 Å². The predicted octanol–water partition coefficient (Wildman–Crippen LogP) is 4.01. The Hall–Kier alpha value is -1.30. The van der Waals surface area contributed by atoms with Gasteiger partial charge in [-0.15, -0.1) is 0 Å². The second-order valence-electron chi connectivity index (χ2n) is 5.13. The van der Waals surface area contributed by atoms with Gasteiger partial charge in [-0.3, -0.25) is 0 Å². The fourth-order valence-electron chi connectivity index (χ4n) is 1.48. The van der Waals surface area contributed by atoms with Crippen molar-refractivity contribution in [2.24, 2.45) is 0 Å². The standard InChI is InChI=1S/C14H19BrFNO3/c1-5-19-11-7-6-10(15)9(12(11)16)8-17-13(18)20-14(2,3)4/h6-7H,5,8H2,1-4H3,(H,17,18). The van der Waals surface area contributed by atoms with Crippen LogP contribution in [-0.2, 0) is 11.3 Å². The largest absolute Gasteiger partial charge is 0.491 e. The molecule has 6 heteroatoms. The van der Waals surface area contributed by atoms with Crippen molar-refractivity contribution in [2.75, 3.05) is 6.61 Å². The summed E-state index contributed by atoms with van der Waals surface area (Å²) in [7, 11) is 0. The number of carbonyl (C=O) groups excluding carboxylic acids is 1. The van der Waals surface area contributed by atoms with E-state index in [0.29, 0.717) is 16.6 Å². The van der Waals surface area contributed by atoms with Crippen LogP contribution < -0.4 is 10.1 Å². The molecule has 0 radical (unpaired) electrons. The van der Waals surface area contributed by atoms with Crippen molar-refractivity contribution < 1.29 is 18.7 Å². The molecule has 4 nitrogen and oxygen atoms in total. The number of hydrogen-bond donors (Lipinski definition) is 1. The van der Waals surface area contributed by atoms with Crippen molar-refractivity contribution in [1.82, 2.24) is 5.32 Å². The SMILES string of the molecule is CCOc1ccc(Br)c(CNC(=O)OC(C)(C)C)c1F. The molecule has 0 aliphatic carbocycles. The van der Waals surface area contributed by atoms with Crippen LogP contribution in [0.2, 0.25) is 0 Å². The average Bonchev–Trinajstić information content (AvgIpc) is 2.30. The summed E-state index contributed by atoms with van der Waals surface area (Å²) < 4.78 is 25.0. The van der Waals surface area contributed by atoms with E-state index in [2.05, 4.69) is 21.2 Å². The third kappa shape index (κ3) is 5.00. The fraction of sp³-hybridized carbons (Fsp3) is 0.500. The van der Waals surface area contributed by atoms with Crippen molar-refractivity contribution in [3.05, 3.63) is 28.0 Å². The molecule has 1 aromatic rings. The van der Waals surface area contributed by atoms with Gasteiger partial charge in [0.2, 0.25) is 0 Å². The van der Waals surface area contributed by atoms with Crippen LogP contribution in [0.25, 0.3) is 0 Å². The molecule has 1 aromatic carbocycles. The third-order valence-electron chi connectivity index (χ3n) is 2.26. The fourth-order valence-corrected chi connectivity index (χ4v) is 1.93. The molecule has 1 N–H and O–H groups in total. The Bertz CT molecular complexity index is 486. The summed E-state index contributed by atoms with van der Waals surface area (Å²) in [4.78, 5) is 11.6. The maximum absolute atomic E-state index is 14.2. The Morgan fingerprint density at radius 2 is 2.05 bits per heavy atom. The summed E-state index contributed by atoms with van der Waals surface area (Å²) in [5, 5.41) is 2.52. The molecule has 0 saturated carbocycles. The summed E-state index contributed by atoms with van der Waals surface area (Å²) in [5.41, 5.74) is -0.269. The summed E-state index contributed by atoms with van der Waals surface area (Å²) in [6.07, 6.45) is -0.592. The number of nitrogens with one attached hydrogen (secondary N) is 1. The number of amides is 1. The third-order valence-corrected chi connectivity index (χ3v) is 3.00. The number of carbonyl (C=O) groups is 1. The molecular formula is C14H19BrFNO3. The summed E-state index contributed by atoms with van der Waals surface area (Å²) in [5.74, 6) is -0.325. The van der Waals surface area contributed by atoms with Gasteiger partial charge >= 0.3 is 6.09 Å². The van der Waals surface area contributed by atoms with Crippen molar-refractivity contribution in [1.29, 1.82) is 0 Å². The van der Waals surface area contributed by atoms with Gasteiger partial charge in [0, 0.05) is 10.0 Å². The highest BCUT2D eigenvalue weighted by Crippen LogP contribution is 2.27. The van der Waals surface area contributed by atoms with Gasteiger partial charge in [-0.25, -0.2) is 9.18 Å². The van der Waals surface area contributed by atoms with E-state index >= 15 is 0 Å². The lowest BCUT2D eigenvalue weighted by Gasteiger charge is -2.20. The van der Waals surface area contributed by atoms with E-state index in [1.807, 2.05) is 0 Å². The minimum atomic E-state index is -0.592. The number of halogens is 2. The zero-order valence-electron chi connectivity index (χ0n) is 12.0. The van der Waals surface area contributed by atoms with Crippen LogP contribution in [0, 0.1) is 5.82 Å². The molecule has 1 amide bonds. The zero-order chi connectivity index (χ0) is 15.3. The molecule has 0 fully saturated rings. The van der Waals surface area contributed by atoms with Gasteiger partial charge in [-0.1, -0.05) is 15.9 Å². The molecule has 1 rings (SSSR count). The molecule has 0 aromatic heterocycles. The van der Waals surface area contributed by atoms with Gasteiger partial charge in [-0.05, 0) is 39.8 Å². The molecule has 0 bridgehead atoms. The molecule has 0 aliphatic heterocycles. The molecule has 0 saturated heterocycles. The maximum atomic E-state index is 14.2. The first-order valence-corrected chi connectivity index (χ1v) is 7.10. The van der Waals surface area contributed by atoms with Crippen molar-refractivity contribution in [3.8, 4) is 5.75 Å². The molecule has 0 heterocycles. The van der Waals surface area contributed by atoms with E-state index in [9.17, 15) is 9.18 Å². The second kappa shape index (κ2) is 6.92. The van der Waals surface area contributed by atoms with E-state index in [-0.39, 0.29) is 12.3 Å². The normalized spacial score (nSPS) is 11.1. The molecule has 0 unspecified atom stereocenters. The van der Waals surface area contributed by atoms with Gasteiger partial charge in [0.1, 0.15) is 5.60 Å². The Labute approximate surface area is 126 Å². The van der Waals surface area contributed by atoms with Crippen molar-refractivity contribution in [2.45, 2.75) is 39.8 Å².